The second-order valence-electron chi connectivity index (χ2n) is 6.38. The first-order valence-corrected chi connectivity index (χ1v) is 6.93. The summed E-state index contributed by atoms with van der Waals surface area (Å²) in [5.74, 6) is 0. The zero-order valence-corrected chi connectivity index (χ0v) is 12.1. The van der Waals surface area contributed by atoms with Gasteiger partial charge < -0.3 is 5.32 Å². The first kappa shape index (κ1) is 13.6. The second-order valence-corrected chi connectivity index (χ2v) is 6.38. The highest BCUT2D eigenvalue weighted by Gasteiger charge is 2.23. The SMILES string of the molecule is CNC1CCCN(Cc2cn[nH]c2C(C)(C)C)C1. The van der Waals surface area contributed by atoms with Crippen molar-refractivity contribution in [1.29, 1.82) is 0 Å². The predicted molar refractivity (Wildman–Crippen MR) is 74.6 cm³/mol. The Kier molecular flexibility index (Phi) is 4.07. The van der Waals surface area contributed by atoms with E-state index in [2.05, 4.69) is 48.2 Å². The molecule has 1 unspecified atom stereocenters. The van der Waals surface area contributed by atoms with Crippen molar-refractivity contribution in [2.24, 2.45) is 0 Å². The Bertz CT molecular complexity index is 377. The molecule has 2 rings (SSSR count). The lowest BCUT2D eigenvalue weighted by molar-refractivity contribution is 0.187. The fraction of sp³-hybridized carbons (Fsp3) is 0.786. The van der Waals surface area contributed by atoms with E-state index in [0.29, 0.717) is 6.04 Å². The van der Waals surface area contributed by atoms with Crippen LogP contribution >= 0.6 is 0 Å². The number of aromatic nitrogens is 2. The van der Waals surface area contributed by atoms with E-state index < -0.39 is 0 Å². The van der Waals surface area contributed by atoms with E-state index >= 15 is 0 Å². The van der Waals surface area contributed by atoms with Crippen molar-refractivity contribution in [3.05, 3.63) is 17.5 Å². The molecule has 1 aliphatic rings. The summed E-state index contributed by atoms with van der Waals surface area (Å²) in [6, 6.07) is 0.642. The summed E-state index contributed by atoms with van der Waals surface area (Å²) in [7, 11) is 2.06. The number of likely N-dealkylation sites (tertiary alicyclic amines) is 1. The number of nitrogens with zero attached hydrogens (tertiary/aromatic N) is 2. The van der Waals surface area contributed by atoms with Gasteiger partial charge in [-0.15, -0.1) is 0 Å². The zero-order chi connectivity index (χ0) is 13.2. The lowest BCUT2D eigenvalue weighted by atomic mass is 9.89. The van der Waals surface area contributed by atoms with Gasteiger partial charge in [-0.1, -0.05) is 20.8 Å². The fourth-order valence-electron chi connectivity index (χ4n) is 2.76. The number of nitrogens with one attached hydrogen (secondary N) is 2. The van der Waals surface area contributed by atoms with Gasteiger partial charge in [0.05, 0.1) is 6.20 Å². The maximum atomic E-state index is 4.23. The molecule has 1 aliphatic heterocycles. The number of aromatic amines is 1. The van der Waals surface area contributed by atoms with Crippen LogP contribution in [-0.4, -0.2) is 41.3 Å². The van der Waals surface area contributed by atoms with Crippen LogP contribution in [0.4, 0.5) is 0 Å². The van der Waals surface area contributed by atoms with Crippen LogP contribution < -0.4 is 5.32 Å². The van der Waals surface area contributed by atoms with Crippen LogP contribution in [0.1, 0.15) is 44.9 Å². The fourth-order valence-corrected chi connectivity index (χ4v) is 2.76. The lowest BCUT2D eigenvalue weighted by Gasteiger charge is -2.33. The van der Waals surface area contributed by atoms with E-state index in [4.69, 9.17) is 0 Å². The minimum Gasteiger partial charge on any atom is -0.316 e. The molecule has 102 valence electrons. The number of hydrogen-bond acceptors (Lipinski definition) is 3. The van der Waals surface area contributed by atoms with E-state index in [0.717, 1.165) is 13.1 Å². The van der Waals surface area contributed by atoms with Crippen LogP contribution in [0.5, 0.6) is 0 Å². The zero-order valence-electron chi connectivity index (χ0n) is 12.1. The van der Waals surface area contributed by atoms with Crippen molar-refractivity contribution in [1.82, 2.24) is 20.4 Å². The maximum absolute atomic E-state index is 4.23. The molecule has 4 nitrogen and oxygen atoms in total. The van der Waals surface area contributed by atoms with Crippen LogP contribution in [-0.2, 0) is 12.0 Å². The van der Waals surface area contributed by atoms with Crippen molar-refractivity contribution < 1.29 is 0 Å². The van der Waals surface area contributed by atoms with Gasteiger partial charge in [0.2, 0.25) is 0 Å². The van der Waals surface area contributed by atoms with Crippen molar-refractivity contribution in [2.75, 3.05) is 20.1 Å². The van der Waals surface area contributed by atoms with Crippen LogP contribution in [0, 0.1) is 0 Å². The molecule has 1 atom stereocenters. The third-order valence-electron chi connectivity index (χ3n) is 3.78. The summed E-state index contributed by atoms with van der Waals surface area (Å²) < 4.78 is 0. The van der Waals surface area contributed by atoms with Gasteiger partial charge in [-0.2, -0.15) is 5.10 Å². The third kappa shape index (κ3) is 3.12. The van der Waals surface area contributed by atoms with Crippen molar-refractivity contribution in [3.63, 3.8) is 0 Å². The summed E-state index contributed by atoms with van der Waals surface area (Å²) in [6.45, 7) is 10.1. The average Bonchev–Trinajstić information content (AvgIpc) is 2.77. The summed E-state index contributed by atoms with van der Waals surface area (Å²) >= 11 is 0. The molecule has 18 heavy (non-hydrogen) atoms. The maximum Gasteiger partial charge on any atom is 0.0535 e. The molecule has 0 aromatic carbocycles. The molecule has 0 saturated carbocycles. The minimum atomic E-state index is 0.143. The molecular formula is C14H26N4. The quantitative estimate of drug-likeness (QED) is 0.861. The molecule has 2 heterocycles. The molecule has 0 amide bonds. The molecule has 2 N–H and O–H groups in total. The normalized spacial score (nSPS) is 22.3. The highest BCUT2D eigenvalue weighted by Crippen LogP contribution is 2.25. The Labute approximate surface area is 110 Å². The summed E-state index contributed by atoms with van der Waals surface area (Å²) in [6.07, 6.45) is 4.57. The van der Waals surface area contributed by atoms with Crippen molar-refractivity contribution >= 4 is 0 Å². The second kappa shape index (κ2) is 5.41. The minimum absolute atomic E-state index is 0.143. The Morgan fingerprint density at radius 2 is 2.28 bits per heavy atom. The van der Waals surface area contributed by atoms with E-state index in [9.17, 15) is 0 Å². The van der Waals surface area contributed by atoms with Crippen LogP contribution in [0.15, 0.2) is 6.20 Å². The molecule has 4 heteroatoms. The molecule has 0 aliphatic carbocycles. The molecule has 0 radical (unpaired) electrons. The molecular weight excluding hydrogens is 224 g/mol. The van der Waals surface area contributed by atoms with Gasteiger partial charge in [-0.25, -0.2) is 0 Å². The Hall–Kier alpha value is -0.870. The number of rotatable bonds is 3. The van der Waals surface area contributed by atoms with E-state index in [1.54, 1.807) is 0 Å². The smallest absolute Gasteiger partial charge is 0.0535 e. The van der Waals surface area contributed by atoms with Gasteiger partial charge >= 0.3 is 0 Å². The standard InChI is InChI=1S/C14H26N4/c1-14(2,3)13-11(8-16-17-13)9-18-7-5-6-12(10-18)15-4/h8,12,15H,5-7,9-10H2,1-4H3,(H,16,17). The van der Waals surface area contributed by atoms with E-state index in [-0.39, 0.29) is 5.41 Å². The highest BCUT2D eigenvalue weighted by molar-refractivity contribution is 5.23. The molecule has 1 fully saturated rings. The van der Waals surface area contributed by atoms with Crippen molar-refractivity contribution in [2.45, 2.75) is 51.6 Å². The largest absolute Gasteiger partial charge is 0.316 e. The molecule has 1 aromatic heterocycles. The summed E-state index contributed by atoms with van der Waals surface area (Å²) in [5, 5.41) is 10.8. The summed E-state index contributed by atoms with van der Waals surface area (Å²) in [4.78, 5) is 2.53. The van der Waals surface area contributed by atoms with Crippen molar-refractivity contribution in [3.8, 4) is 0 Å². The van der Waals surface area contributed by atoms with Gasteiger partial charge in [-0.05, 0) is 26.4 Å². The number of hydrogen-bond donors (Lipinski definition) is 2. The molecule has 0 spiro atoms. The lowest BCUT2D eigenvalue weighted by Crippen LogP contribution is -2.44. The topological polar surface area (TPSA) is 44.0 Å². The van der Waals surface area contributed by atoms with E-state index in [1.807, 2.05) is 6.20 Å². The Morgan fingerprint density at radius 3 is 2.94 bits per heavy atom. The first-order chi connectivity index (χ1) is 8.50. The predicted octanol–water partition coefficient (Wildman–Crippen LogP) is 1.89. The first-order valence-electron chi connectivity index (χ1n) is 6.93. The number of H-pyrrole nitrogens is 1. The van der Waals surface area contributed by atoms with Crippen LogP contribution in [0.3, 0.4) is 0 Å². The third-order valence-corrected chi connectivity index (χ3v) is 3.78. The van der Waals surface area contributed by atoms with Gasteiger partial charge in [0.15, 0.2) is 0 Å². The average molecular weight is 250 g/mol. The van der Waals surface area contributed by atoms with E-state index in [1.165, 1.54) is 30.6 Å². The van der Waals surface area contributed by atoms with Gasteiger partial charge in [0.1, 0.15) is 0 Å². The van der Waals surface area contributed by atoms with Gasteiger partial charge in [0, 0.05) is 35.8 Å². The Balaban J connectivity index is 2.03. The summed E-state index contributed by atoms with van der Waals surface area (Å²) in [5.41, 5.74) is 2.76. The molecule has 0 bridgehead atoms. The molecule has 1 saturated heterocycles. The number of piperidine rings is 1. The van der Waals surface area contributed by atoms with Gasteiger partial charge in [0.25, 0.3) is 0 Å². The van der Waals surface area contributed by atoms with Gasteiger partial charge in [-0.3, -0.25) is 10.00 Å². The Morgan fingerprint density at radius 1 is 1.50 bits per heavy atom. The van der Waals surface area contributed by atoms with Crippen LogP contribution in [0.25, 0.3) is 0 Å². The monoisotopic (exact) mass is 250 g/mol. The highest BCUT2D eigenvalue weighted by atomic mass is 15.2. The van der Waals surface area contributed by atoms with Crippen LogP contribution in [0.2, 0.25) is 0 Å². The molecule has 1 aromatic rings. The number of likely N-dealkylation sites (N-methyl/N-ethyl adjacent to an activating group) is 1.